The molecule has 2 fully saturated rings. The van der Waals surface area contributed by atoms with Gasteiger partial charge in [-0.1, -0.05) is 13.3 Å². The molecule has 1 aliphatic heterocycles. The van der Waals surface area contributed by atoms with Crippen LogP contribution in [0.1, 0.15) is 39.0 Å². The number of fused-ring (bicyclic) bond motifs is 2. The topological polar surface area (TPSA) is 74.7 Å². The summed E-state index contributed by atoms with van der Waals surface area (Å²) >= 11 is 0. The minimum atomic E-state index is -0.812. The number of aliphatic carboxylic acids is 1. The van der Waals surface area contributed by atoms with Gasteiger partial charge >= 0.3 is 5.97 Å². The highest BCUT2D eigenvalue weighted by Gasteiger charge is 2.44. The maximum absolute atomic E-state index is 12.0. The van der Waals surface area contributed by atoms with E-state index >= 15 is 0 Å². The average Bonchev–Trinajstić information content (AvgIpc) is 2.35. The molecule has 5 nitrogen and oxygen atoms in total. The fraction of sp³-hybridized carbons (Fsp3) is 0.786. The van der Waals surface area contributed by atoms with E-state index in [0.717, 1.165) is 12.8 Å². The van der Waals surface area contributed by atoms with Crippen LogP contribution in [0.2, 0.25) is 0 Å². The van der Waals surface area contributed by atoms with E-state index in [0.29, 0.717) is 32.4 Å². The number of amides is 1. The molecule has 0 aromatic rings. The van der Waals surface area contributed by atoms with Gasteiger partial charge in [-0.15, -0.1) is 0 Å². The predicted octanol–water partition coefficient (Wildman–Crippen LogP) is 1.31. The number of piperidine rings is 1. The SMILES string of the molecule is CCCCC(=O)N1CC2CC(C(=O)O)CC(C1)C2=O. The Morgan fingerprint density at radius 1 is 1.26 bits per heavy atom. The molecular formula is C14H21NO4. The van der Waals surface area contributed by atoms with Crippen molar-refractivity contribution in [2.45, 2.75) is 39.0 Å². The van der Waals surface area contributed by atoms with E-state index in [9.17, 15) is 14.4 Å². The fourth-order valence-corrected chi connectivity index (χ4v) is 3.18. The minimum Gasteiger partial charge on any atom is -0.481 e. The number of Topliss-reactive ketones (excluding diaryl/α,β-unsaturated/α-hetero) is 1. The molecule has 0 spiro atoms. The van der Waals surface area contributed by atoms with Crippen molar-refractivity contribution in [2.75, 3.05) is 13.1 Å². The number of carboxylic acids is 1. The van der Waals surface area contributed by atoms with E-state index in [-0.39, 0.29) is 23.5 Å². The molecule has 0 radical (unpaired) electrons. The van der Waals surface area contributed by atoms with Crippen molar-refractivity contribution in [1.29, 1.82) is 0 Å². The first-order valence-electron chi connectivity index (χ1n) is 7.07. The summed E-state index contributed by atoms with van der Waals surface area (Å²) in [7, 11) is 0. The summed E-state index contributed by atoms with van der Waals surface area (Å²) < 4.78 is 0. The van der Waals surface area contributed by atoms with Crippen molar-refractivity contribution in [2.24, 2.45) is 17.8 Å². The minimum absolute atomic E-state index is 0.109. The number of hydrogen-bond donors (Lipinski definition) is 1. The number of carbonyl (C=O) groups excluding carboxylic acids is 2. The van der Waals surface area contributed by atoms with Gasteiger partial charge in [0.15, 0.2) is 0 Å². The average molecular weight is 267 g/mol. The monoisotopic (exact) mass is 267 g/mol. The van der Waals surface area contributed by atoms with Gasteiger partial charge in [0.1, 0.15) is 5.78 Å². The van der Waals surface area contributed by atoms with Crippen molar-refractivity contribution < 1.29 is 19.5 Å². The van der Waals surface area contributed by atoms with Gasteiger partial charge in [-0.2, -0.15) is 0 Å². The number of unbranched alkanes of at least 4 members (excludes halogenated alkanes) is 1. The van der Waals surface area contributed by atoms with Crippen LogP contribution >= 0.6 is 0 Å². The largest absolute Gasteiger partial charge is 0.481 e. The third kappa shape index (κ3) is 2.96. The van der Waals surface area contributed by atoms with E-state index < -0.39 is 11.9 Å². The Morgan fingerprint density at radius 2 is 1.84 bits per heavy atom. The summed E-state index contributed by atoms with van der Waals surface area (Å²) in [5.74, 6) is -1.48. The molecular weight excluding hydrogens is 246 g/mol. The van der Waals surface area contributed by atoms with Crippen LogP contribution in [0.5, 0.6) is 0 Å². The first-order chi connectivity index (χ1) is 9.02. The van der Waals surface area contributed by atoms with Gasteiger partial charge < -0.3 is 10.0 Å². The Labute approximate surface area is 113 Å². The molecule has 1 saturated heterocycles. The van der Waals surface area contributed by atoms with Gasteiger partial charge in [-0.25, -0.2) is 0 Å². The molecule has 1 amide bonds. The molecule has 0 aromatic heterocycles. The third-order valence-electron chi connectivity index (χ3n) is 4.27. The van der Waals surface area contributed by atoms with Gasteiger partial charge in [-0.3, -0.25) is 14.4 Å². The van der Waals surface area contributed by atoms with Crippen LogP contribution in [-0.4, -0.2) is 40.8 Å². The summed E-state index contributed by atoms with van der Waals surface area (Å²) in [4.78, 5) is 36.9. The Morgan fingerprint density at radius 3 is 2.32 bits per heavy atom. The highest BCUT2D eigenvalue weighted by molar-refractivity contribution is 5.89. The second kappa shape index (κ2) is 5.72. The van der Waals surface area contributed by atoms with Crippen LogP contribution < -0.4 is 0 Å². The molecule has 2 atom stereocenters. The third-order valence-corrected chi connectivity index (χ3v) is 4.27. The Balaban J connectivity index is 2.00. The first kappa shape index (κ1) is 14.0. The maximum atomic E-state index is 12.0. The molecule has 1 N–H and O–H groups in total. The number of rotatable bonds is 4. The van der Waals surface area contributed by atoms with Crippen molar-refractivity contribution in [3.05, 3.63) is 0 Å². The molecule has 2 rings (SSSR count). The smallest absolute Gasteiger partial charge is 0.306 e. The lowest BCUT2D eigenvalue weighted by Gasteiger charge is -2.42. The standard InChI is InChI=1S/C14H21NO4/c1-2-3-4-12(16)15-7-10-5-9(14(18)19)6-11(8-15)13(10)17/h9-11H,2-8H2,1H3,(H,18,19). The van der Waals surface area contributed by atoms with Crippen molar-refractivity contribution in [3.63, 3.8) is 0 Å². The Hall–Kier alpha value is -1.39. The summed E-state index contributed by atoms with van der Waals surface area (Å²) in [5, 5.41) is 9.08. The van der Waals surface area contributed by atoms with Gasteiger partial charge in [0.2, 0.25) is 5.91 Å². The van der Waals surface area contributed by atoms with Gasteiger partial charge in [0.05, 0.1) is 5.92 Å². The Bertz CT molecular complexity index is 375. The number of nitrogens with zero attached hydrogens (tertiary/aromatic N) is 1. The van der Waals surface area contributed by atoms with Crippen LogP contribution in [0, 0.1) is 17.8 Å². The van der Waals surface area contributed by atoms with Crippen LogP contribution in [0.25, 0.3) is 0 Å². The molecule has 5 heteroatoms. The zero-order valence-corrected chi connectivity index (χ0v) is 11.3. The number of carbonyl (C=O) groups is 3. The van der Waals surface area contributed by atoms with E-state index in [1.54, 1.807) is 4.90 Å². The van der Waals surface area contributed by atoms with Crippen molar-refractivity contribution in [1.82, 2.24) is 4.90 Å². The van der Waals surface area contributed by atoms with Crippen LogP contribution in [0.15, 0.2) is 0 Å². The number of likely N-dealkylation sites (tertiary alicyclic amines) is 1. The molecule has 1 heterocycles. The number of carboxylic acid groups (broad SMARTS) is 1. The zero-order chi connectivity index (χ0) is 14.0. The summed E-state index contributed by atoms with van der Waals surface area (Å²) in [6.45, 7) is 2.88. The van der Waals surface area contributed by atoms with Crippen LogP contribution in [-0.2, 0) is 14.4 Å². The second-order valence-electron chi connectivity index (χ2n) is 5.71. The highest BCUT2D eigenvalue weighted by Crippen LogP contribution is 2.35. The maximum Gasteiger partial charge on any atom is 0.306 e. The fourth-order valence-electron chi connectivity index (χ4n) is 3.18. The normalized spacial score (nSPS) is 30.3. The molecule has 19 heavy (non-hydrogen) atoms. The predicted molar refractivity (Wildman–Crippen MR) is 68.5 cm³/mol. The first-order valence-corrected chi connectivity index (χ1v) is 7.07. The molecule has 0 aromatic carbocycles. The lowest BCUT2D eigenvalue weighted by molar-refractivity contribution is -0.151. The van der Waals surface area contributed by atoms with Gasteiger partial charge in [-0.05, 0) is 19.3 Å². The lowest BCUT2D eigenvalue weighted by atomic mass is 9.71. The van der Waals surface area contributed by atoms with E-state index in [1.165, 1.54) is 0 Å². The summed E-state index contributed by atoms with van der Waals surface area (Å²) in [6, 6.07) is 0. The molecule has 2 bridgehead atoms. The zero-order valence-electron chi connectivity index (χ0n) is 11.3. The molecule has 1 aliphatic carbocycles. The van der Waals surface area contributed by atoms with Gasteiger partial charge in [0.25, 0.3) is 0 Å². The summed E-state index contributed by atoms with van der Waals surface area (Å²) in [5.41, 5.74) is 0. The van der Waals surface area contributed by atoms with Crippen molar-refractivity contribution >= 4 is 17.7 Å². The van der Waals surface area contributed by atoms with Crippen molar-refractivity contribution in [3.8, 4) is 0 Å². The lowest BCUT2D eigenvalue weighted by Crippen LogP contribution is -2.53. The number of hydrogen-bond acceptors (Lipinski definition) is 3. The molecule has 2 aliphatic rings. The number of ketones is 1. The van der Waals surface area contributed by atoms with E-state index in [4.69, 9.17) is 5.11 Å². The van der Waals surface area contributed by atoms with Crippen LogP contribution in [0.4, 0.5) is 0 Å². The van der Waals surface area contributed by atoms with E-state index in [2.05, 4.69) is 0 Å². The Kier molecular flexibility index (Phi) is 4.22. The molecule has 2 unspecified atom stereocenters. The second-order valence-corrected chi connectivity index (χ2v) is 5.71. The highest BCUT2D eigenvalue weighted by atomic mass is 16.4. The van der Waals surface area contributed by atoms with E-state index in [1.807, 2.05) is 6.92 Å². The van der Waals surface area contributed by atoms with Gasteiger partial charge in [0, 0.05) is 31.3 Å². The molecule has 1 saturated carbocycles. The van der Waals surface area contributed by atoms with Crippen LogP contribution in [0.3, 0.4) is 0 Å². The molecule has 106 valence electrons. The quantitative estimate of drug-likeness (QED) is 0.833. The summed E-state index contributed by atoms with van der Waals surface area (Å²) in [6.07, 6.45) is 3.17.